The quantitative estimate of drug-likeness (QED) is 0.438. The van der Waals surface area contributed by atoms with Crippen molar-refractivity contribution in [3.05, 3.63) is 61.2 Å². The Hall–Kier alpha value is -1.48. The molecular weight excluding hydrogens is 302 g/mol. The van der Waals surface area contributed by atoms with Crippen molar-refractivity contribution in [1.82, 2.24) is 4.90 Å². The maximum Gasteiger partial charge on any atom is 0.222 e. The molecule has 23 heavy (non-hydrogen) atoms. The third-order valence-electron chi connectivity index (χ3n) is 3.53. The Morgan fingerprint density at radius 3 is 2.35 bits per heavy atom. The minimum atomic E-state index is 0.219. The normalized spacial score (nSPS) is 9.65. The smallest absolute Gasteiger partial charge is 0.222 e. The minimum absolute atomic E-state index is 0.219. The Kier molecular flexibility index (Phi) is 13.2. The van der Waals surface area contributed by atoms with Gasteiger partial charge in [-0.1, -0.05) is 30.3 Å². The Morgan fingerprint density at radius 1 is 1.17 bits per heavy atom. The van der Waals surface area contributed by atoms with E-state index in [0.717, 1.165) is 38.0 Å². The molecule has 3 heteroatoms. The van der Waals surface area contributed by atoms with Gasteiger partial charge in [0.2, 0.25) is 5.91 Å². The molecule has 1 aromatic rings. The van der Waals surface area contributed by atoms with E-state index < -0.39 is 0 Å². The molecule has 2 nitrogen and oxygen atoms in total. The average Bonchev–Trinajstić information content (AvgIpc) is 2.59. The number of unbranched alkanes of at least 4 members (excludes halogenated alkanes) is 1. The van der Waals surface area contributed by atoms with Crippen molar-refractivity contribution in [3.63, 3.8) is 0 Å². The van der Waals surface area contributed by atoms with Crippen LogP contribution in [-0.2, 0) is 17.0 Å². The van der Waals surface area contributed by atoms with E-state index in [1.54, 1.807) is 6.08 Å². The first-order chi connectivity index (χ1) is 11.2. The molecule has 1 amide bonds. The second-order valence-corrected chi connectivity index (χ2v) is 6.22. The summed E-state index contributed by atoms with van der Waals surface area (Å²) in [6, 6.07) is 8.89. The van der Waals surface area contributed by atoms with E-state index in [1.807, 2.05) is 23.7 Å². The second-order valence-electron chi connectivity index (χ2n) is 5.35. The molecule has 0 aliphatic rings. The molecule has 0 saturated carbocycles. The van der Waals surface area contributed by atoms with E-state index in [-0.39, 0.29) is 5.91 Å². The van der Waals surface area contributed by atoms with Crippen LogP contribution in [0.15, 0.2) is 50.1 Å². The molecular formula is C20H31NOS. The molecule has 0 fully saturated rings. The van der Waals surface area contributed by atoms with E-state index in [9.17, 15) is 4.79 Å². The summed E-state index contributed by atoms with van der Waals surface area (Å²) in [5, 5.41) is 0. The Bertz CT molecular complexity index is 441. The van der Waals surface area contributed by atoms with Crippen LogP contribution in [0.2, 0.25) is 0 Å². The second kappa shape index (κ2) is 14.1. The number of hydrogen-bond donors (Lipinski definition) is 0. The molecule has 0 heterocycles. The molecule has 0 N–H and O–H groups in total. The number of allylic oxidation sites excluding steroid dienone is 1. The van der Waals surface area contributed by atoms with Gasteiger partial charge in [0.15, 0.2) is 0 Å². The van der Waals surface area contributed by atoms with Crippen LogP contribution in [0.5, 0.6) is 0 Å². The summed E-state index contributed by atoms with van der Waals surface area (Å²) in [6.07, 6.45) is 8.55. The number of amides is 1. The first kappa shape index (κ1) is 21.5. The lowest BCUT2D eigenvalue weighted by molar-refractivity contribution is -0.129. The highest BCUT2D eigenvalue weighted by molar-refractivity contribution is 7.97. The summed E-state index contributed by atoms with van der Waals surface area (Å²) in [4.78, 5) is 13.6. The predicted molar refractivity (Wildman–Crippen MR) is 105 cm³/mol. The van der Waals surface area contributed by atoms with Crippen LogP contribution in [0.3, 0.4) is 0 Å². The summed E-state index contributed by atoms with van der Waals surface area (Å²) < 4.78 is 0. The molecule has 0 unspecified atom stereocenters. The fourth-order valence-corrected chi connectivity index (χ4v) is 2.71. The van der Waals surface area contributed by atoms with Crippen molar-refractivity contribution < 1.29 is 4.79 Å². The van der Waals surface area contributed by atoms with Crippen LogP contribution in [0, 0.1) is 0 Å². The number of carbonyl (C=O) groups excluding carboxylic acids is 1. The van der Waals surface area contributed by atoms with Gasteiger partial charge in [-0.05, 0) is 43.1 Å². The van der Waals surface area contributed by atoms with E-state index in [2.05, 4.69) is 50.3 Å². The number of thioether (sulfide) groups is 1. The maximum atomic E-state index is 11.7. The van der Waals surface area contributed by atoms with E-state index in [0.29, 0.717) is 6.42 Å². The zero-order chi connectivity index (χ0) is 17.5. The van der Waals surface area contributed by atoms with Crippen molar-refractivity contribution in [2.75, 3.05) is 19.8 Å². The van der Waals surface area contributed by atoms with Gasteiger partial charge in [-0.2, -0.15) is 11.8 Å². The fourth-order valence-electron chi connectivity index (χ4n) is 2.19. The third kappa shape index (κ3) is 10.0. The number of carbonyl (C=O) groups is 1. The molecule has 1 aromatic carbocycles. The van der Waals surface area contributed by atoms with Crippen LogP contribution in [0.4, 0.5) is 0 Å². The lowest BCUT2D eigenvalue weighted by atomic mass is 10.1. The Balaban J connectivity index is 0.00000232. The van der Waals surface area contributed by atoms with Gasteiger partial charge in [-0.15, -0.1) is 19.7 Å². The van der Waals surface area contributed by atoms with Crippen LogP contribution < -0.4 is 0 Å². The van der Waals surface area contributed by atoms with Gasteiger partial charge in [-0.25, -0.2) is 0 Å². The zero-order valence-electron chi connectivity index (χ0n) is 14.7. The van der Waals surface area contributed by atoms with Crippen molar-refractivity contribution in [2.45, 2.75) is 37.9 Å². The molecule has 0 radical (unpaired) electrons. The Labute approximate surface area is 146 Å². The number of benzene rings is 1. The maximum absolute atomic E-state index is 11.7. The first-order valence-electron chi connectivity index (χ1n) is 8.09. The lowest BCUT2D eigenvalue weighted by Gasteiger charge is -2.16. The average molecular weight is 334 g/mol. The first-order valence-corrected chi connectivity index (χ1v) is 9.48. The summed E-state index contributed by atoms with van der Waals surface area (Å²) in [5.41, 5.74) is 2.78. The molecule has 0 bridgehead atoms. The highest BCUT2D eigenvalue weighted by Gasteiger charge is 2.06. The third-order valence-corrected chi connectivity index (χ3v) is 4.15. The molecule has 0 aromatic heterocycles. The molecule has 1 rings (SSSR count). The summed E-state index contributed by atoms with van der Waals surface area (Å²) >= 11 is 1.85. The SMILES string of the molecule is C=C.C=CCCC(=O)N(C)CCCCc1ccc(CSC)cc1. The van der Waals surface area contributed by atoms with Gasteiger partial charge >= 0.3 is 0 Å². The number of nitrogens with zero attached hydrogens (tertiary/aromatic N) is 1. The minimum Gasteiger partial charge on any atom is -0.346 e. The van der Waals surface area contributed by atoms with Crippen molar-refractivity contribution in [1.29, 1.82) is 0 Å². The highest BCUT2D eigenvalue weighted by Crippen LogP contribution is 2.12. The van der Waals surface area contributed by atoms with Gasteiger partial charge in [0.25, 0.3) is 0 Å². The molecule has 0 aliphatic carbocycles. The fraction of sp³-hybridized carbons (Fsp3) is 0.450. The zero-order valence-corrected chi connectivity index (χ0v) is 15.5. The van der Waals surface area contributed by atoms with Gasteiger partial charge < -0.3 is 4.90 Å². The standard InChI is InChI=1S/C18H27NOS.C2H4/c1-4-5-9-18(20)19(2)14-7-6-8-16-10-12-17(13-11-16)15-21-3;1-2/h4,10-13H,1,5-9,14-15H2,2-3H3;1-2H2. The van der Waals surface area contributed by atoms with Gasteiger partial charge in [0, 0.05) is 25.8 Å². The van der Waals surface area contributed by atoms with Gasteiger partial charge in [0.1, 0.15) is 0 Å². The topological polar surface area (TPSA) is 20.3 Å². The summed E-state index contributed by atoms with van der Waals surface area (Å²) in [7, 11) is 1.89. The number of aryl methyl sites for hydroxylation is 1. The monoisotopic (exact) mass is 333 g/mol. The largest absolute Gasteiger partial charge is 0.346 e. The lowest BCUT2D eigenvalue weighted by Crippen LogP contribution is -2.27. The van der Waals surface area contributed by atoms with Crippen LogP contribution in [-0.4, -0.2) is 30.7 Å². The van der Waals surface area contributed by atoms with Gasteiger partial charge in [-0.3, -0.25) is 4.79 Å². The summed E-state index contributed by atoms with van der Waals surface area (Å²) in [5.74, 6) is 1.30. The van der Waals surface area contributed by atoms with Crippen molar-refractivity contribution >= 4 is 17.7 Å². The van der Waals surface area contributed by atoms with Crippen molar-refractivity contribution in [2.24, 2.45) is 0 Å². The van der Waals surface area contributed by atoms with E-state index >= 15 is 0 Å². The Morgan fingerprint density at radius 2 is 1.78 bits per heavy atom. The molecule has 0 spiro atoms. The highest BCUT2D eigenvalue weighted by atomic mass is 32.2. The van der Waals surface area contributed by atoms with Gasteiger partial charge in [0.05, 0.1) is 0 Å². The van der Waals surface area contributed by atoms with Crippen LogP contribution in [0.25, 0.3) is 0 Å². The van der Waals surface area contributed by atoms with Crippen molar-refractivity contribution in [3.8, 4) is 0 Å². The van der Waals surface area contributed by atoms with Crippen LogP contribution in [0.1, 0.15) is 36.8 Å². The molecule has 0 atom stereocenters. The van der Waals surface area contributed by atoms with Crippen LogP contribution >= 0.6 is 11.8 Å². The molecule has 128 valence electrons. The van der Waals surface area contributed by atoms with E-state index in [1.165, 1.54) is 11.1 Å². The predicted octanol–water partition coefficient (Wildman–Crippen LogP) is 5.10. The summed E-state index contributed by atoms with van der Waals surface area (Å²) in [6.45, 7) is 10.5. The van der Waals surface area contributed by atoms with E-state index in [4.69, 9.17) is 0 Å². The molecule has 0 saturated heterocycles. The number of rotatable bonds is 10. The molecule has 0 aliphatic heterocycles. The number of hydrogen-bond acceptors (Lipinski definition) is 2.